The van der Waals surface area contributed by atoms with Crippen molar-refractivity contribution in [3.8, 4) is 0 Å². The molecule has 82 valence electrons. The van der Waals surface area contributed by atoms with Crippen LogP contribution in [0.2, 0.25) is 0 Å². The predicted molar refractivity (Wildman–Crippen MR) is 73.8 cm³/mol. The monoisotopic (exact) mass is 228 g/mol. The molecule has 0 aromatic heterocycles. The molecule has 0 saturated carbocycles. The Morgan fingerprint density at radius 2 is 1.50 bits per heavy atom. The summed E-state index contributed by atoms with van der Waals surface area (Å²) in [5, 5.41) is 1.49. The fourth-order valence-corrected chi connectivity index (χ4v) is 3.35. The molecule has 2 rings (SSSR count). The molecule has 0 N–H and O–H groups in total. The van der Waals surface area contributed by atoms with Crippen LogP contribution in [0, 0.1) is 6.92 Å². The van der Waals surface area contributed by atoms with E-state index in [9.17, 15) is 0 Å². The summed E-state index contributed by atoms with van der Waals surface area (Å²) in [5.74, 6) is 0. The lowest BCUT2D eigenvalue weighted by molar-refractivity contribution is 1.40. The Morgan fingerprint density at radius 1 is 0.875 bits per heavy atom. The zero-order valence-electron chi connectivity index (χ0n) is 9.85. The summed E-state index contributed by atoms with van der Waals surface area (Å²) in [6, 6.07) is 19.7. The van der Waals surface area contributed by atoms with E-state index in [4.69, 9.17) is 0 Å². The fourth-order valence-electron chi connectivity index (χ4n) is 1.75. The SMILES string of the molecule is Cc1ccc(P(C)Cc2ccccc2)cc1. The molecule has 0 fully saturated rings. The summed E-state index contributed by atoms with van der Waals surface area (Å²) in [5.41, 5.74) is 2.78. The van der Waals surface area contributed by atoms with Crippen LogP contribution in [-0.2, 0) is 6.16 Å². The van der Waals surface area contributed by atoms with E-state index < -0.39 is 0 Å². The smallest absolute Gasteiger partial charge is 0.00353 e. The maximum Gasteiger partial charge on any atom is -0.00353 e. The van der Waals surface area contributed by atoms with Gasteiger partial charge in [-0.15, -0.1) is 0 Å². The van der Waals surface area contributed by atoms with E-state index in [1.165, 1.54) is 22.6 Å². The Morgan fingerprint density at radius 3 is 2.12 bits per heavy atom. The van der Waals surface area contributed by atoms with Gasteiger partial charge in [0.15, 0.2) is 0 Å². The lowest BCUT2D eigenvalue weighted by Crippen LogP contribution is -2.01. The molecule has 2 aromatic carbocycles. The van der Waals surface area contributed by atoms with E-state index in [0.29, 0.717) is 0 Å². The normalized spacial score (nSPS) is 12.4. The van der Waals surface area contributed by atoms with Gasteiger partial charge in [0.1, 0.15) is 0 Å². The highest BCUT2D eigenvalue weighted by atomic mass is 31.1. The molecule has 0 aliphatic heterocycles. The first-order valence-electron chi connectivity index (χ1n) is 5.57. The summed E-state index contributed by atoms with van der Waals surface area (Å²) in [6.07, 6.45) is 1.18. The van der Waals surface area contributed by atoms with Crippen LogP contribution in [0.1, 0.15) is 11.1 Å². The van der Waals surface area contributed by atoms with Crippen LogP contribution in [-0.4, -0.2) is 6.66 Å². The zero-order valence-corrected chi connectivity index (χ0v) is 10.7. The Kier molecular flexibility index (Phi) is 3.74. The molecule has 0 aliphatic carbocycles. The molecule has 0 aliphatic rings. The summed E-state index contributed by atoms with van der Waals surface area (Å²) >= 11 is 0. The lowest BCUT2D eigenvalue weighted by Gasteiger charge is -2.12. The molecule has 0 radical (unpaired) electrons. The van der Waals surface area contributed by atoms with Crippen molar-refractivity contribution in [3.05, 3.63) is 65.7 Å². The largest absolute Gasteiger partial charge is 0.0740 e. The van der Waals surface area contributed by atoms with Gasteiger partial charge in [0.25, 0.3) is 0 Å². The number of hydrogen-bond acceptors (Lipinski definition) is 0. The molecule has 0 heterocycles. The molecule has 0 saturated heterocycles. The molecule has 16 heavy (non-hydrogen) atoms. The topological polar surface area (TPSA) is 0 Å². The predicted octanol–water partition coefficient (Wildman–Crippen LogP) is 3.93. The van der Waals surface area contributed by atoms with E-state index in [-0.39, 0.29) is 7.92 Å². The van der Waals surface area contributed by atoms with Gasteiger partial charge in [-0.05, 0) is 30.6 Å². The van der Waals surface area contributed by atoms with Crippen LogP contribution >= 0.6 is 7.92 Å². The van der Waals surface area contributed by atoms with E-state index in [1.807, 2.05) is 0 Å². The van der Waals surface area contributed by atoms with Crippen LogP contribution in [0.15, 0.2) is 54.6 Å². The molecule has 0 bridgehead atoms. The third-order valence-electron chi connectivity index (χ3n) is 2.74. The van der Waals surface area contributed by atoms with Crippen molar-refractivity contribution in [3.63, 3.8) is 0 Å². The molecule has 0 nitrogen and oxygen atoms in total. The molecule has 1 unspecified atom stereocenters. The van der Waals surface area contributed by atoms with Crippen molar-refractivity contribution in [2.75, 3.05) is 6.66 Å². The van der Waals surface area contributed by atoms with Crippen LogP contribution < -0.4 is 5.30 Å². The molecule has 1 heteroatoms. The van der Waals surface area contributed by atoms with Crippen molar-refractivity contribution in [1.82, 2.24) is 0 Å². The zero-order chi connectivity index (χ0) is 11.4. The summed E-state index contributed by atoms with van der Waals surface area (Å²) in [6.45, 7) is 4.49. The maximum atomic E-state index is 2.35. The van der Waals surface area contributed by atoms with Crippen LogP contribution in [0.4, 0.5) is 0 Å². The lowest BCUT2D eigenvalue weighted by atomic mass is 10.2. The van der Waals surface area contributed by atoms with Gasteiger partial charge < -0.3 is 0 Å². The van der Waals surface area contributed by atoms with Crippen LogP contribution in [0.5, 0.6) is 0 Å². The van der Waals surface area contributed by atoms with E-state index in [0.717, 1.165) is 0 Å². The number of rotatable bonds is 3. The molecule has 2 aromatic rings. The summed E-state index contributed by atoms with van der Waals surface area (Å²) < 4.78 is 0. The first-order valence-corrected chi connectivity index (χ1v) is 7.55. The van der Waals surface area contributed by atoms with Gasteiger partial charge in [-0.1, -0.05) is 68.1 Å². The van der Waals surface area contributed by atoms with E-state index in [1.54, 1.807) is 0 Å². The highest BCUT2D eigenvalue weighted by molar-refractivity contribution is 7.64. The average molecular weight is 228 g/mol. The fraction of sp³-hybridized carbons (Fsp3) is 0.200. The molecule has 0 spiro atoms. The maximum absolute atomic E-state index is 2.35. The van der Waals surface area contributed by atoms with Crippen LogP contribution in [0.25, 0.3) is 0 Å². The third kappa shape index (κ3) is 2.93. The first-order chi connectivity index (χ1) is 7.75. The first kappa shape index (κ1) is 11.4. The molecular formula is C15H17P. The van der Waals surface area contributed by atoms with Gasteiger partial charge in [-0.25, -0.2) is 0 Å². The Bertz CT molecular complexity index is 431. The summed E-state index contributed by atoms with van der Waals surface area (Å²) in [7, 11) is -0.0643. The second-order valence-electron chi connectivity index (χ2n) is 4.18. The Balaban J connectivity index is 2.09. The Hall–Kier alpha value is -1.13. The molecule has 0 amide bonds. The van der Waals surface area contributed by atoms with Crippen molar-refractivity contribution in [1.29, 1.82) is 0 Å². The average Bonchev–Trinajstić information content (AvgIpc) is 2.31. The van der Waals surface area contributed by atoms with Crippen molar-refractivity contribution >= 4 is 13.2 Å². The highest BCUT2D eigenvalue weighted by Crippen LogP contribution is 2.34. The minimum Gasteiger partial charge on any atom is -0.0740 e. The number of aryl methyl sites for hydroxylation is 1. The highest BCUT2D eigenvalue weighted by Gasteiger charge is 2.04. The summed E-state index contributed by atoms with van der Waals surface area (Å²) in [4.78, 5) is 0. The Labute approximate surface area is 99.1 Å². The van der Waals surface area contributed by atoms with Crippen molar-refractivity contribution < 1.29 is 0 Å². The van der Waals surface area contributed by atoms with Gasteiger partial charge >= 0.3 is 0 Å². The quantitative estimate of drug-likeness (QED) is 0.698. The van der Waals surface area contributed by atoms with Gasteiger partial charge in [-0.2, -0.15) is 0 Å². The number of hydrogen-bond donors (Lipinski definition) is 0. The van der Waals surface area contributed by atoms with Gasteiger partial charge in [-0.3, -0.25) is 0 Å². The van der Waals surface area contributed by atoms with Crippen molar-refractivity contribution in [2.45, 2.75) is 13.1 Å². The van der Waals surface area contributed by atoms with E-state index in [2.05, 4.69) is 68.2 Å². The van der Waals surface area contributed by atoms with Crippen molar-refractivity contribution in [2.24, 2.45) is 0 Å². The minimum absolute atomic E-state index is 0.0643. The standard InChI is InChI=1S/C15H17P/c1-13-8-10-15(11-9-13)16(2)12-14-6-4-3-5-7-14/h3-11H,12H2,1-2H3. The molecular weight excluding hydrogens is 211 g/mol. The molecule has 1 atom stereocenters. The van der Waals surface area contributed by atoms with Gasteiger partial charge in [0, 0.05) is 0 Å². The third-order valence-corrected chi connectivity index (χ3v) is 4.76. The second kappa shape index (κ2) is 5.27. The van der Waals surface area contributed by atoms with E-state index >= 15 is 0 Å². The number of benzene rings is 2. The second-order valence-corrected chi connectivity index (χ2v) is 6.41. The van der Waals surface area contributed by atoms with Gasteiger partial charge in [0.2, 0.25) is 0 Å². The van der Waals surface area contributed by atoms with Crippen LogP contribution in [0.3, 0.4) is 0 Å². The minimum atomic E-state index is -0.0643. The van der Waals surface area contributed by atoms with Gasteiger partial charge in [0.05, 0.1) is 0 Å².